The van der Waals surface area contributed by atoms with E-state index in [4.69, 9.17) is 14.6 Å². The second-order valence-corrected chi connectivity index (χ2v) is 7.22. The summed E-state index contributed by atoms with van der Waals surface area (Å²) in [6, 6.07) is 13.3. The molecule has 32 heavy (non-hydrogen) atoms. The van der Waals surface area contributed by atoms with Gasteiger partial charge in [0.05, 0.1) is 12.2 Å². The number of benzene rings is 2. The van der Waals surface area contributed by atoms with Crippen LogP contribution in [0.1, 0.15) is 41.4 Å². The SMILES string of the molecule is CCOC(=O)C1C(C)=Nc2nnnn2C1c1cccc(OCc2cccc(C(=O)O)c2)c1. The molecule has 0 saturated heterocycles. The summed E-state index contributed by atoms with van der Waals surface area (Å²) in [5, 5.41) is 20.8. The molecule has 0 saturated carbocycles. The van der Waals surface area contributed by atoms with Gasteiger partial charge in [0.2, 0.25) is 0 Å². The first-order chi connectivity index (χ1) is 15.5. The Balaban J connectivity index is 1.62. The maximum atomic E-state index is 12.7. The molecule has 164 valence electrons. The van der Waals surface area contributed by atoms with E-state index < -0.39 is 23.9 Å². The number of tetrazole rings is 1. The molecule has 0 spiro atoms. The highest BCUT2D eigenvalue weighted by Crippen LogP contribution is 2.36. The predicted molar refractivity (Wildman–Crippen MR) is 113 cm³/mol. The van der Waals surface area contributed by atoms with Gasteiger partial charge in [-0.1, -0.05) is 29.4 Å². The van der Waals surface area contributed by atoms with Crippen molar-refractivity contribution in [3.05, 3.63) is 65.2 Å². The minimum Gasteiger partial charge on any atom is -0.489 e. The molecule has 0 bridgehead atoms. The first kappa shape index (κ1) is 21.2. The van der Waals surface area contributed by atoms with Crippen LogP contribution in [-0.4, -0.2) is 49.6 Å². The molecule has 0 aliphatic carbocycles. The molecule has 2 heterocycles. The molecule has 1 N–H and O–H groups in total. The molecule has 0 amide bonds. The van der Waals surface area contributed by atoms with Gasteiger partial charge in [0.15, 0.2) is 0 Å². The number of hydrogen-bond donors (Lipinski definition) is 1. The lowest BCUT2D eigenvalue weighted by Crippen LogP contribution is -2.37. The average Bonchev–Trinajstić information content (AvgIpc) is 3.25. The van der Waals surface area contributed by atoms with Gasteiger partial charge in [0.1, 0.15) is 24.3 Å². The van der Waals surface area contributed by atoms with Crippen LogP contribution in [0.15, 0.2) is 53.5 Å². The van der Waals surface area contributed by atoms with Crippen molar-refractivity contribution in [3.63, 3.8) is 0 Å². The number of rotatable bonds is 7. The van der Waals surface area contributed by atoms with Crippen molar-refractivity contribution in [2.75, 3.05) is 6.61 Å². The fourth-order valence-corrected chi connectivity index (χ4v) is 3.65. The van der Waals surface area contributed by atoms with E-state index in [1.807, 2.05) is 18.2 Å². The van der Waals surface area contributed by atoms with E-state index in [-0.39, 0.29) is 18.8 Å². The van der Waals surface area contributed by atoms with Gasteiger partial charge < -0.3 is 14.6 Å². The first-order valence-corrected chi connectivity index (χ1v) is 10.0. The predicted octanol–water partition coefficient (Wildman–Crippen LogP) is 2.83. The summed E-state index contributed by atoms with van der Waals surface area (Å²) in [6.07, 6.45) is 0. The molecule has 2 aromatic carbocycles. The van der Waals surface area contributed by atoms with Crippen LogP contribution < -0.4 is 4.74 Å². The third-order valence-electron chi connectivity index (χ3n) is 5.10. The number of aliphatic imine (C=N–C) groups is 1. The van der Waals surface area contributed by atoms with E-state index in [0.29, 0.717) is 17.4 Å². The van der Waals surface area contributed by atoms with Crippen LogP contribution in [0.5, 0.6) is 5.75 Å². The van der Waals surface area contributed by atoms with Gasteiger partial charge in [-0.15, -0.1) is 0 Å². The molecule has 1 aromatic heterocycles. The summed E-state index contributed by atoms with van der Waals surface area (Å²) in [7, 11) is 0. The number of esters is 1. The van der Waals surface area contributed by atoms with Gasteiger partial charge in [-0.2, -0.15) is 0 Å². The molecule has 1 aliphatic heterocycles. The van der Waals surface area contributed by atoms with Crippen molar-refractivity contribution in [1.29, 1.82) is 0 Å². The van der Waals surface area contributed by atoms with Crippen LogP contribution in [0.25, 0.3) is 0 Å². The summed E-state index contributed by atoms with van der Waals surface area (Å²) < 4.78 is 12.7. The maximum absolute atomic E-state index is 12.7. The Morgan fingerprint density at radius 3 is 2.75 bits per heavy atom. The molecule has 2 atom stereocenters. The summed E-state index contributed by atoms with van der Waals surface area (Å²) in [6.45, 7) is 3.94. The second-order valence-electron chi connectivity index (χ2n) is 7.22. The van der Waals surface area contributed by atoms with Crippen molar-refractivity contribution in [1.82, 2.24) is 20.2 Å². The van der Waals surface area contributed by atoms with E-state index >= 15 is 0 Å². The third-order valence-corrected chi connectivity index (χ3v) is 5.10. The molecule has 3 aromatic rings. The zero-order chi connectivity index (χ0) is 22.7. The van der Waals surface area contributed by atoms with Crippen LogP contribution in [0.3, 0.4) is 0 Å². The molecule has 10 nitrogen and oxygen atoms in total. The third kappa shape index (κ3) is 4.20. The lowest BCUT2D eigenvalue weighted by atomic mass is 9.88. The number of hydrogen-bond acceptors (Lipinski definition) is 8. The van der Waals surface area contributed by atoms with Gasteiger partial charge in [0.25, 0.3) is 5.95 Å². The number of ether oxygens (including phenoxy) is 2. The lowest BCUT2D eigenvalue weighted by Gasteiger charge is -2.29. The van der Waals surface area contributed by atoms with E-state index in [1.165, 1.54) is 10.7 Å². The number of nitrogens with zero attached hydrogens (tertiary/aromatic N) is 5. The van der Waals surface area contributed by atoms with Gasteiger partial charge in [-0.3, -0.25) is 4.79 Å². The average molecular weight is 435 g/mol. The van der Waals surface area contributed by atoms with Crippen LogP contribution in [0.4, 0.5) is 5.95 Å². The van der Waals surface area contributed by atoms with Crippen LogP contribution in [0.2, 0.25) is 0 Å². The standard InChI is InChI=1S/C22H21N5O5/c1-3-31-21(30)18-13(2)23-22-24-25-26-27(22)19(18)15-7-5-9-17(11-15)32-12-14-6-4-8-16(10-14)20(28)29/h4-11,18-19H,3,12H2,1-2H3,(H,28,29). The monoisotopic (exact) mass is 435 g/mol. The highest BCUT2D eigenvalue weighted by molar-refractivity contribution is 6.03. The van der Waals surface area contributed by atoms with Gasteiger partial charge in [-0.05, 0) is 59.7 Å². The van der Waals surface area contributed by atoms with E-state index in [1.54, 1.807) is 38.1 Å². The van der Waals surface area contributed by atoms with Crippen LogP contribution >= 0.6 is 0 Å². The minimum absolute atomic E-state index is 0.188. The Bertz CT molecular complexity index is 1190. The summed E-state index contributed by atoms with van der Waals surface area (Å²) in [5.41, 5.74) is 2.23. The molecule has 2 unspecified atom stereocenters. The van der Waals surface area contributed by atoms with Crippen molar-refractivity contribution < 1.29 is 24.2 Å². The van der Waals surface area contributed by atoms with Gasteiger partial charge >= 0.3 is 11.9 Å². The lowest BCUT2D eigenvalue weighted by molar-refractivity contribution is -0.146. The van der Waals surface area contributed by atoms with Crippen molar-refractivity contribution in [2.24, 2.45) is 10.9 Å². The van der Waals surface area contributed by atoms with Crippen molar-refractivity contribution in [2.45, 2.75) is 26.5 Å². The zero-order valence-corrected chi connectivity index (χ0v) is 17.5. The number of carboxylic acid groups (broad SMARTS) is 1. The molecule has 1 aliphatic rings. The number of carboxylic acids is 1. The molecule has 4 rings (SSSR count). The molecule has 10 heteroatoms. The Labute approximate surface area is 183 Å². The first-order valence-electron chi connectivity index (χ1n) is 10.0. The van der Waals surface area contributed by atoms with Crippen LogP contribution in [0, 0.1) is 5.92 Å². The normalized spacial score (nSPS) is 17.2. The topological polar surface area (TPSA) is 129 Å². The minimum atomic E-state index is -0.995. The Hall–Kier alpha value is -4.08. The highest BCUT2D eigenvalue weighted by atomic mass is 16.5. The maximum Gasteiger partial charge on any atom is 0.335 e. The van der Waals surface area contributed by atoms with Crippen molar-refractivity contribution >= 4 is 23.6 Å². The number of carbonyl (C=O) groups is 2. The summed E-state index contributed by atoms with van der Waals surface area (Å²) in [4.78, 5) is 28.3. The fourth-order valence-electron chi connectivity index (χ4n) is 3.65. The summed E-state index contributed by atoms with van der Waals surface area (Å²) in [5.74, 6) is -1.22. The number of carbonyl (C=O) groups excluding carboxylic acids is 1. The number of fused-ring (bicyclic) bond motifs is 1. The highest BCUT2D eigenvalue weighted by Gasteiger charge is 2.40. The molecule has 0 fully saturated rings. The number of aromatic nitrogens is 4. The largest absolute Gasteiger partial charge is 0.489 e. The Morgan fingerprint density at radius 1 is 1.16 bits per heavy atom. The van der Waals surface area contributed by atoms with E-state index in [0.717, 1.165) is 11.1 Å². The smallest absolute Gasteiger partial charge is 0.335 e. The van der Waals surface area contributed by atoms with E-state index in [2.05, 4.69) is 20.5 Å². The van der Waals surface area contributed by atoms with Gasteiger partial charge in [-0.25, -0.2) is 14.5 Å². The quantitative estimate of drug-likeness (QED) is 0.561. The summed E-state index contributed by atoms with van der Waals surface area (Å²) >= 11 is 0. The second kappa shape index (κ2) is 8.96. The Kier molecular flexibility index (Phi) is 5.93. The fraction of sp³-hybridized carbons (Fsp3) is 0.273. The Morgan fingerprint density at radius 2 is 1.97 bits per heavy atom. The zero-order valence-electron chi connectivity index (χ0n) is 17.5. The number of aromatic carboxylic acids is 1. The molecule has 0 radical (unpaired) electrons. The van der Waals surface area contributed by atoms with Gasteiger partial charge in [0, 0.05) is 5.71 Å². The molecular formula is C22H21N5O5. The van der Waals surface area contributed by atoms with Crippen LogP contribution in [-0.2, 0) is 16.1 Å². The molecular weight excluding hydrogens is 414 g/mol. The van der Waals surface area contributed by atoms with Crippen molar-refractivity contribution in [3.8, 4) is 5.75 Å². The van der Waals surface area contributed by atoms with E-state index in [9.17, 15) is 9.59 Å².